The van der Waals surface area contributed by atoms with Crippen molar-refractivity contribution in [2.75, 3.05) is 13.7 Å². The smallest absolute Gasteiger partial charge is 0.237 e. The molecule has 0 spiro atoms. The van der Waals surface area contributed by atoms with Crippen molar-refractivity contribution in [2.24, 2.45) is 0 Å². The number of rotatable bonds is 4. The van der Waals surface area contributed by atoms with Gasteiger partial charge in [-0.1, -0.05) is 0 Å². The zero-order valence-electron chi connectivity index (χ0n) is 10.6. The minimum atomic E-state index is -0.0894. The van der Waals surface area contributed by atoms with Crippen LogP contribution >= 0.6 is 31.9 Å². The number of amides is 1. The molecule has 0 aliphatic carbocycles. The molecule has 1 aromatic rings. The van der Waals surface area contributed by atoms with E-state index in [1.54, 1.807) is 7.11 Å². The van der Waals surface area contributed by atoms with E-state index in [4.69, 9.17) is 4.74 Å². The third-order valence-corrected chi connectivity index (χ3v) is 4.28. The van der Waals surface area contributed by atoms with Gasteiger partial charge < -0.3 is 15.4 Å². The zero-order chi connectivity index (χ0) is 13.8. The van der Waals surface area contributed by atoms with Crippen LogP contribution in [0, 0.1) is 0 Å². The molecule has 1 fully saturated rings. The fourth-order valence-electron chi connectivity index (χ4n) is 2.12. The van der Waals surface area contributed by atoms with Crippen molar-refractivity contribution in [3.63, 3.8) is 0 Å². The van der Waals surface area contributed by atoms with Crippen molar-refractivity contribution in [1.82, 2.24) is 10.6 Å². The van der Waals surface area contributed by atoms with E-state index in [-0.39, 0.29) is 11.9 Å². The summed E-state index contributed by atoms with van der Waals surface area (Å²) in [5, 5.41) is 6.15. The van der Waals surface area contributed by atoms with Gasteiger partial charge >= 0.3 is 0 Å². The maximum Gasteiger partial charge on any atom is 0.237 e. The molecule has 1 aliphatic heterocycles. The molecule has 104 valence electrons. The Morgan fingerprint density at radius 2 is 2.11 bits per heavy atom. The molecule has 19 heavy (non-hydrogen) atoms. The van der Waals surface area contributed by atoms with Crippen LogP contribution in [0.2, 0.25) is 0 Å². The van der Waals surface area contributed by atoms with Gasteiger partial charge in [0.25, 0.3) is 0 Å². The SMILES string of the molecule is COc1c(Br)cc(CNC2CCCNC2=O)cc1Br. The van der Waals surface area contributed by atoms with Crippen molar-refractivity contribution in [3.8, 4) is 5.75 Å². The third kappa shape index (κ3) is 3.70. The standard InChI is InChI=1S/C13H16Br2N2O2/c1-19-12-9(14)5-8(6-10(12)15)7-17-11-3-2-4-16-13(11)18/h5-6,11,17H,2-4,7H2,1H3,(H,16,18). The van der Waals surface area contributed by atoms with Gasteiger partial charge in [-0.05, 0) is 62.4 Å². The summed E-state index contributed by atoms with van der Waals surface area (Å²) >= 11 is 6.95. The first kappa shape index (κ1) is 14.8. The molecule has 6 heteroatoms. The number of ether oxygens (including phenoxy) is 1. The predicted molar refractivity (Wildman–Crippen MR) is 81.3 cm³/mol. The van der Waals surface area contributed by atoms with Gasteiger partial charge in [0.2, 0.25) is 5.91 Å². The molecule has 1 saturated heterocycles. The maximum atomic E-state index is 11.6. The van der Waals surface area contributed by atoms with Crippen LogP contribution in [-0.2, 0) is 11.3 Å². The van der Waals surface area contributed by atoms with Crippen molar-refractivity contribution in [2.45, 2.75) is 25.4 Å². The molecule has 2 rings (SSSR count). The average molecular weight is 392 g/mol. The summed E-state index contributed by atoms with van der Waals surface area (Å²) in [6.45, 7) is 1.44. The fraction of sp³-hybridized carbons (Fsp3) is 0.462. The largest absolute Gasteiger partial charge is 0.494 e. The van der Waals surface area contributed by atoms with E-state index in [1.807, 2.05) is 12.1 Å². The van der Waals surface area contributed by atoms with E-state index in [0.29, 0.717) is 6.54 Å². The molecule has 2 N–H and O–H groups in total. The van der Waals surface area contributed by atoms with Gasteiger partial charge in [-0.15, -0.1) is 0 Å². The zero-order valence-corrected chi connectivity index (χ0v) is 13.8. The summed E-state index contributed by atoms with van der Waals surface area (Å²) < 4.78 is 7.06. The summed E-state index contributed by atoms with van der Waals surface area (Å²) in [6.07, 6.45) is 1.92. The Labute approximate surface area is 129 Å². The highest BCUT2D eigenvalue weighted by molar-refractivity contribution is 9.11. The van der Waals surface area contributed by atoms with Crippen molar-refractivity contribution in [3.05, 3.63) is 26.6 Å². The highest BCUT2D eigenvalue weighted by Gasteiger charge is 2.21. The van der Waals surface area contributed by atoms with Gasteiger partial charge in [-0.3, -0.25) is 4.79 Å². The Hall–Kier alpha value is -0.590. The third-order valence-electron chi connectivity index (χ3n) is 3.10. The quantitative estimate of drug-likeness (QED) is 0.829. The molecular formula is C13H16Br2N2O2. The lowest BCUT2D eigenvalue weighted by molar-refractivity contribution is -0.124. The van der Waals surface area contributed by atoms with Gasteiger partial charge in [-0.2, -0.15) is 0 Å². The number of nitrogens with one attached hydrogen (secondary N) is 2. The van der Waals surface area contributed by atoms with Crippen molar-refractivity contribution in [1.29, 1.82) is 0 Å². The number of halogens is 2. The number of methoxy groups -OCH3 is 1. The molecule has 1 heterocycles. The molecule has 0 saturated carbocycles. The lowest BCUT2D eigenvalue weighted by atomic mass is 10.1. The molecule has 0 aromatic heterocycles. The molecule has 0 bridgehead atoms. The second-order valence-electron chi connectivity index (χ2n) is 4.46. The Kier molecular flexibility index (Phi) is 5.24. The Bertz CT molecular complexity index is 457. The number of piperidine rings is 1. The number of hydrogen-bond acceptors (Lipinski definition) is 3. The minimum Gasteiger partial charge on any atom is -0.494 e. The highest BCUT2D eigenvalue weighted by atomic mass is 79.9. The van der Waals surface area contributed by atoms with Crippen LogP contribution in [0.4, 0.5) is 0 Å². The van der Waals surface area contributed by atoms with Gasteiger partial charge in [0.05, 0.1) is 22.1 Å². The second kappa shape index (κ2) is 6.72. The van der Waals surface area contributed by atoms with Crippen LogP contribution in [0.1, 0.15) is 18.4 Å². The maximum absolute atomic E-state index is 11.6. The lowest BCUT2D eigenvalue weighted by Crippen LogP contribution is -2.47. The minimum absolute atomic E-state index is 0.0894. The lowest BCUT2D eigenvalue weighted by Gasteiger charge is -2.23. The molecule has 4 nitrogen and oxygen atoms in total. The number of carbonyl (C=O) groups is 1. The summed E-state index contributed by atoms with van der Waals surface area (Å²) in [7, 11) is 1.63. The van der Waals surface area contributed by atoms with E-state index in [1.165, 1.54) is 0 Å². The molecular weight excluding hydrogens is 376 g/mol. The van der Waals surface area contributed by atoms with Crippen LogP contribution < -0.4 is 15.4 Å². The molecule has 1 aliphatic rings. The molecule has 1 atom stereocenters. The summed E-state index contributed by atoms with van der Waals surface area (Å²) in [6, 6.07) is 3.91. The van der Waals surface area contributed by atoms with Gasteiger partial charge in [0.15, 0.2) is 0 Å². The second-order valence-corrected chi connectivity index (χ2v) is 6.17. The number of carbonyl (C=O) groups excluding carboxylic acids is 1. The topological polar surface area (TPSA) is 50.4 Å². The number of hydrogen-bond donors (Lipinski definition) is 2. The molecule has 1 unspecified atom stereocenters. The van der Waals surface area contributed by atoms with E-state index >= 15 is 0 Å². The van der Waals surface area contributed by atoms with E-state index < -0.39 is 0 Å². The summed E-state index contributed by atoms with van der Waals surface area (Å²) in [5.41, 5.74) is 1.10. The van der Waals surface area contributed by atoms with Crippen LogP contribution in [0.15, 0.2) is 21.1 Å². The first-order chi connectivity index (χ1) is 9.11. The van der Waals surface area contributed by atoms with Crippen molar-refractivity contribution >= 4 is 37.8 Å². The fourth-order valence-corrected chi connectivity index (χ4v) is 3.72. The van der Waals surface area contributed by atoms with Gasteiger partial charge in [0, 0.05) is 13.1 Å². The van der Waals surface area contributed by atoms with Gasteiger partial charge in [0.1, 0.15) is 5.75 Å². The Morgan fingerprint density at radius 3 is 2.68 bits per heavy atom. The summed E-state index contributed by atoms with van der Waals surface area (Å²) in [4.78, 5) is 11.6. The summed E-state index contributed by atoms with van der Waals surface area (Å²) in [5.74, 6) is 0.872. The first-order valence-corrected chi connectivity index (χ1v) is 7.73. The number of benzene rings is 1. The van der Waals surface area contributed by atoms with Crippen LogP contribution in [0.5, 0.6) is 5.75 Å². The molecule has 0 radical (unpaired) electrons. The molecule has 1 aromatic carbocycles. The van der Waals surface area contributed by atoms with Crippen LogP contribution in [-0.4, -0.2) is 25.6 Å². The highest BCUT2D eigenvalue weighted by Crippen LogP contribution is 2.34. The van der Waals surface area contributed by atoms with Crippen molar-refractivity contribution < 1.29 is 9.53 Å². The average Bonchev–Trinajstić information content (AvgIpc) is 2.37. The van der Waals surface area contributed by atoms with Crippen LogP contribution in [0.25, 0.3) is 0 Å². The van der Waals surface area contributed by atoms with Gasteiger partial charge in [-0.25, -0.2) is 0 Å². The Morgan fingerprint density at radius 1 is 1.42 bits per heavy atom. The Balaban J connectivity index is 2.01. The molecule has 1 amide bonds. The normalized spacial score (nSPS) is 19.1. The van der Waals surface area contributed by atoms with E-state index in [0.717, 1.165) is 39.6 Å². The van der Waals surface area contributed by atoms with E-state index in [2.05, 4.69) is 42.5 Å². The van der Waals surface area contributed by atoms with E-state index in [9.17, 15) is 4.79 Å². The first-order valence-electron chi connectivity index (χ1n) is 6.15. The monoisotopic (exact) mass is 390 g/mol. The predicted octanol–water partition coefficient (Wildman–Crippen LogP) is 2.59. The van der Waals surface area contributed by atoms with Crippen LogP contribution in [0.3, 0.4) is 0 Å².